The minimum absolute atomic E-state index is 0.0481. The molecule has 0 radical (unpaired) electrons. The van der Waals surface area contributed by atoms with E-state index in [0.717, 1.165) is 42.8 Å². The molecule has 1 aliphatic heterocycles. The normalized spacial score (nSPS) is 17.9. The lowest BCUT2D eigenvalue weighted by atomic mass is 9.87. The molecule has 0 N–H and O–H groups in total. The van der Waals surface area contributed by atoms with Crippen LogP contribution in [0.1, 0.15) is 38.5 Å². The first kappa shape index (κ1) is 15.4. The Labute approximate surface area is 142 Å². The molecule has 0 bridgehead atoms. The maximum absolute atomic E-state index is 12.4. The van der Waals surface area contributed by atoms with E-state index in [9.17, 15) is 4.79 Å². The lowest BCUT2D eigenvalue weighted by molar-refractivity contribution is 0.340. The first-order valence-electron chi connectivity index (χ1n) is 9.08. The number of fused-ring (bicyclic) bond motifs is 1. The van der Waals surface area contributed by atoms with Gasteiger partial charge in [0, 0.05) is 43.7 Å². The van der Waals surface area contributed by atoms with E-state index >= 15 is 0 Å². The van der Waals surface area contributed by atoms with Crippen LogP contribution in [0.3, 0.4) is 0 Å². The zero-order chi connectivity index (χ0) is 16.4. The van der Waals surface area contributed by atoms with E-state index in [-0.39, 0.29) is 5.56 Å². The number of aromatic nitrogens is 3. The minimum atomic E-state index is 0.0481. The third-order valence-corrected chi connectivity index (χ3v) is 5.37. The smallest absolute Gasteiger partial charge is 0.255 e. The number of hydrogen-bond donors (Lipinski definition) is 0. The van der Waals surface area contributed by atoms with Gasteiger partial charge in [-0.25, -0.2) is 4.98 Å². The fourth-order valence-electron chi connectivity index (χ4n) is 3.96. The lowest BCUT2D eigenvalue weighted by Crippen LogP contribution is -2.26. The summed E-state index contributed by atoms with van der Waals surface area (Å²) in [5.41, 5.74) is 1.75. The molecule has 1 saturated carbocycles. The Balaban J connectivity index is 1.55. The van der Waals surface area contributed by atoms with Crippen LogP contribution >= 0.6 is 0 Å². The summed E-state index contributed by atoms with van der Waals surface area (Å²) in [6, 6.07) is 5.45. The summed E-state index contributed by atoms with van der Waals surface area (Å²) in [5, 5.41) is 0. The molecule has 24 heavy (non-hydrogen) atoms. The van der Waals surface area contributed by atoms with Crippen molar-refractivity contribution in [3.63, 3.8) is 0 Å². The van der Waals surface area contributed by atoms with Crippen LogP contribution in [0.2, 0.25) is 0 Å². The molecule has 2 aromatic rings. The van der Waals surface area contributed by atoms with E-state index in [1.54, 1.807) is 18.5 Å². The third-order valence-electron chi connectivity index (χ3n) is 5.37. The third kappa shape index (κ3) is 3.07. The second kappa shape index (κ2) is 6.75. The summed E-state index contributed by atoms with van der Waals surface area (Å²) >= 11 is 0. The second-order valence-corrected chi connectivity index (χ2v) is 6.95. The summed E-state index contributed by atoms with van der Waals surface area (Å²) in [6.07, 6.45) is 11.6. The van der Waals surface area contributed by atoms with Crippen molar-refractivity contribution in [1.82, 2.24) is 14.5 Å². The highest BCUT2D eigenvalue weighted by atomic mass is 16.1. The standard InChI is InChI=1S/C19H24N4O/c24-18-14-17(16-6-9-20-10-7-16)21-19-22(12-13-23(18)19)11-8-15-4-2-1-3-5-15/h6-7,9-10,14-15H,1-5,8,11-13H2. The fraction of sp³-hybridized carbons (Fsp3) is 0.526. The van der Waals surface area contributed by atoms with Crippen LogP contribution in [-0.4, -0.2) is 27.6 Å². The first-order valence-corrected chi connectivity index (χ1v) is 9.08. The molecule has 0 aromatic carbocycles. The van der Waals surface area contributed by atoms with Crippen LogP contribution in [-0.2, 0) is 6.54 Å². The van der Waals surface area contributed by atoms with Crippen LogP contribution in [0.4, 0.5) is 5.95 Å². The summed E-state index contributed by atoms with van der Waals surface area (Å²) in [4.78, 5) is 23.6. The Hall–Kier alpha value is -2.17. The molecular formula is C19H24N4O. The Kier molecular flexibility index (Phi) is 4.32. The largest absolute Gasteiger partial charge is 0.340 e. The summed E-state index contributed by atoms with van der Waals surface area (Å²) in [5.74, 6) is 1.69. The number of hydrogen-bond acceptors (Lipinski definition) is 4. The van der Waals surface area contributed by atoms with Crippen LogP contribution in [0.5, 0.6) is 0 Å². The average molecular weight is 324 g/mol. The zero-order valence-corrected chi connectivity index (χ0v) is 14.0. The predicted molar refractivity (Wildman–Crippen MR) is 95.1 cm³/mol. The SMILES string of the molecule is O=c1cc(-c2ccncc2)nc2n1CCN2CCC1CCCCC1. The molecule has 0 saturated heterocycles. The van der Waals surface area contributed by atoms with Crippen molar-refractivity contribution in [2.24, 2.45) is 5.92 Å². The van der Waals surface area contributed by atoms with Gasteiger partial charge in [0.2, 0.25) is 5.95 Å². The molecule has 0 atom stereocenters. The van der Waals surface area contributed by atoms with Gasteiger partial charge in [-0.15, -0.1) is 0 Å². The van der Waals surface area contributed by atoms with Crippen molar-refractivity contribution in [2.75, 3.05) is 18.0 Å². The molecule has 0 spiro atoms. The number of rotatable bonds is 4. The average Bonchev–Trinajstić information content (AvgIpc) is 3.05. The van der Waals surface area contributed by atoms with Gasteiger partial charge in [0.1, 0.15) is 0 Å². The second-order valence-electron chi connectivity index (χ2n) is 6.95. The Morgan fingerprint density at radius 3 is 2.67 bits per heavy atom. The Morgan fingerprint density at radius 2 is 1.88 bits per heavy atom. The molecule has 5 nitrogen and oxygen atoms in total. The number of pyridine rings is 1. The molecule has 3 heterocycles. The van der Waals surface area contributed by atoms with Crippen molar-refractivity contribution in [3.05, 3.63) is 40.9 Å². The number of nitrogens with zero attached hydrogens (tertiary/aromatic N) is 4. The monoisotopic (exact) mass is 324 g/mol. The first-order chi connectivity index (χ1) is 11.8. The van der Waals surface area contributed by atoms with Crippen molar-refractivity contribution >= 4 is 5.95 Å². The molecule has 0 amide bonds. The molecule has 2 aromatic heterocycles. The molecule has 0 unspecified atom stereocenters. The predicted octanol–water partition coefficient (Wildman–Crippen LogP) is 3.10. The van der Waals surface area contributed by atoms with Crippen molar-refractivity contribution in [3.8, 4) is 11.3 Å². The highest BCUT2D eigenvalue weighted by molar-refractivity contribution is 5.59. The van der Waals surface area contributed by atoms with Crippen LogP contribution < -0.4 is 10.5 Å². The van der Waals surface area contributed by atoms with E-state index in [1.807, 2.05) is 16.7 Å². The molecule has 1 aliphatic carbocycles. The molecule has 4 rings (SSSR count). The van der Waals surface area contributed by atoms with Crippen molar-refractivity contribution < 1.29 is 0 Å². The van der Waals surface area contributed by atoms with Gasteiger partial charge >= 0.3 is 0 Å². The Bertz CT molecular complexity index is 750. The van der Waals surface area contributed by atoms with Crippen LogP contribution in [0, 0.1) is 5.92 Å². The maximum atomic E-state index is 12.4. The van der Waals surface area contributed by atoms with Crippen molar-refractivity contribution in [2.45, 2.75) is 45.1 Å². The van der Waals surface area contributed by atoms with E-state index < -0.39 is 0 Å². The van der Waals surface area contributed by atoms with Crippen LogP contribution in [0.15, 0.2) is 35.4 Å². The topological polar surface area (TPSA) is 51.0 Å². The molecule has 5 heteroatoms. The quantitative estimate of drug-likeness (QED) is 0.867. The van der Waals surface area contributed by atoms with E-state index in [4.69, 9.17) is 4.98 Å². The fourth-order valence-corrected chi connectivity index (χ4v) is 3.96. The van der Waals surface area contributed by atoms with Gasteiger partial charge in [-0.3, -0.25) is 14.3 Å². The molecule has 1 fully saturated rings. The van der Waals surface area contributed by atoms with Gasteiger partial charge in [-0.1, -0.05) is 32.1 Å². The highest BCUT2D eigenvalue weighted by Crippen LogP contribution is 2.28. The molecular weight excluding hydrogens is 300 g/mol. The van der Waals surface area contributed by atoms with Gasteiger partial charge in [0.15, 0.2) is 0 Å². The summed E-state index contributed by atoms with van der Waals surface area (Å²) in [7, 11) is 0. The Morgan fingerprint density at radius 1 is 1.08 bits per heavy atom. The van der Waals surface area contributed by atoms with Crippen molar-refractivity contribution in [1.29, 1.82) is 0 Å². The molecule has 2 aliphatic rings. The van der Waals surface area contributed by atoms with Gasteiger partial charge in [-0.05, 0) is 24.5 Å². The summed E-state index contributed by atoms with van der Waals surface area (Å²) < 4.78 is 1.81. The zero-order valence-electron chi connectivity index (χ0n) is 14.0. The van der Waals surface area contributed by atoms with Gasteiger partial charge in [0.25, 0.3) is 5.56 Å². The van der Waals surface area contributed by atoms with Gasteiger partial charge in [-0.2, -0.15) is 0 Å². The summed E-state index contributed by atoms with van der Waals surface area (Å²) in [6.45, 7) is 2.66. The van der Waals surface area contributed by atoms with Crippen LogP contribution in [0.25, 0.3) is 11.3 Å². The van der Waals surface area contributed by atoms with Gasteiger partial charge < -0.3 is 4.90 Å². The maximum Gasteiger partial charge on any atom is 0.255 e. The lowest BCUT2D eigenvalue weighted by Gasteiger charge is -2.25. The molecule has 126 valence electrons. The van der Waals surface area contributed by atoms with E-state index in [1.165, 1.54) is 38.5 Å². The van der Waals surface area contributed by atoms with Gasteiger partial charge in [0.05, 0.1) is 5.69 Å². The minimum Gasteiger partial charge on any atom is -0.340 e. The van der Waals surface area contributed by atoms with E-state index in [0.29, 0.717) is 0 Å². The van der Waals surface area contributed by atoms with E-state index in [2.05, 4.69) is 9.88 Å². The number of anilines is 1. The highest BCUT2D eigenvalue weighted by Gasteiger charge is 2.24.